The molecule has 5 N–H and O–H groups in total. The van der Waals surface area contributed by atoms with Crippen LogP contribution in [0.2, 0.25) is 0 Å². The van der Waals surface area contributed by atoms with E-state index in [9.17, 15) is 14.7 Å². The lowest BCUT2D eigenvalue weighted by atomic mass is 10.0. The number of carbonyl (C=O) groups is 2. The molecule has 0 aromatic heterocycles. The number of hydrogen-bond acceptors (Lipinski definition) is 7. The third-order valence-electron chi connectivity index (χ3n) is 7.45. The highest BCUT2D eigenvalue weighted by Gasteiger charge is 2.91. The fraction of sp³-hybridized carbons (Fsp3) is 0.276. The van der Waals surface area contributed by atoms with E-state index in [1.807, 2.05) is 78.9 Å². The van der Waals surface area contributed by atoms with E-state index in [0.29, 0.717) is 18.3 Å². The van der Waals surface area contributed by atoms with Crippen molar-refractivity contribution in [1.29, 1.82) is 0 Å². The Labute approximate surface area is 225 Å². The minimum Gasteiger partial charge on any atom is -0.433 e. The molecule has 1 heterocycles. The zero-order valence-electron chi connectivity index (χ0n) is 21.3. The molecular weight excluding hydrogens is 500 g/mol. The highest BCUT2D eigenvalue weighted by molar-refractivity contribution is 5.98. The molecule has 3 aromatic carbocycles. The Morgan fingerprint density at radius 2 is 1.59 bits per heavy atom. The summed E-state index contributed by atoms with van der Waals surface area (Å²) in [4.78, 5) is 41.4. The summed E-state index contributed by atoms with van der Waals surface area (Å²) in [5.74, 6) is 3.68. The Morgan fingerprint density at radius 1 is 1.03 bits per heavy atom. The van der Waals surface area contributed by atoms with Crippen LogP contribution in [0.15, 0.2) is 96.0 Å². The van der Waals surface area contributed by atoms with Crippen LogP contribution in [0.5, 0.6) is 0 Å². The number of nitrogens with zero attached hydrogens (tertiary/aromatic N) is 2. The van der Waals surface area contributed by atoms with Crippen molar-refractivity contribution in [3.63, 3.8) is 0 Å². The van der Waals surface area contributed by atoms with Gasteiger partial charge in [0.15, 0.2) is 11.6 Å². The van der Waals surface area contributed by atoms with E-state index in [-0.39, 0.29) is 31.3 Å². The maximum atomic E-state index is 13.3. The molecule has 4 atom stereocenters. The predicted octanol–water partition coefficient (Wildman–Crippen LogP) is 3.53. The third kappa shape index (κ3) is 4.42. The van der Waals surface area contributed by atoms with Crippen molar-refractivity contribution in [3.8, 4) is 0 Å². The van der Waals surface area contributed by atoms with E-state index in [4.69, 9.17) is 31.0 Å². The summed E-state index contributed by atoms with van der Waals surface area (Å²) in [6, 6.07) is 27.6. The van der Waals surface area contributed by atoms with Crippen molar-refractivity contribution in [3.05, 3.63) is 108 Å². The number of aldehydes is 1. The molecule has 4 unspecified atom stereocenters. The summed E-state index contributed by atoms with van der Waals surface area (Å²) in [5.41, 5.74) is 7.26. The lowest BCUT2D eigenvalue weighted by molar-refractivity contribution is -1.12. The van der Waals surface area contributed by atoms with Gasteiger partial charge in [-0.1, -0.05) is 91.0 Å². The number of carboxylic acid groups (broad SMARTS) is 1. The second kappa shape index (κ2) is 10.7. The molecule has 0 spiro atoms. The Kier molecular flexibility index (Phi) is 7.30. The van der Waals surface area contributed by atoms with E-state index in [1.165, 1.54) is 0 Å². The van der Waals surface area contributed by atoms with E-state index in [0.717, 1.165) is 11.1 Å². The van der Waals surface area contributed by atoms with Gasteiger partial charge in [0.2, 0.25) is 0 Å². The first-order valence-corrected chi connectivity index (χ1v) is 12.7. The zero-order valence-corrected chi connectivity index (χ0v) is 21.3. The molecule has 2 aliphatic rings. The van der Waals surface area contributed by atoms with Gasteiger partial charge in [-0.25, -0.2) is 15.7 Å². The van der Waals surface area contributed by atoms with Gasteiger partial charge < -0.3 is 15.6 Å². The molecule has 10 nitrogen and oxygen atoms in total. The number of carbonyl (C=O) groups excluding carboxylic acids is 1. The normalized spacial score (nSPS) is 27.7. The van der Waals surface area contributed by atoms with Crippen molar-refractivity contribution in [1.82, 2.24) is 0 Å². The van der Waals surface area contributed by atoms with Gasteiger partial charge in [-0.2, -0.15) is 9.63 Å². The highest BCUT2D eigenvalue weighted by Crippen LogP contribution is 2.66. The van der Waals surface area contributed by atoms with Crippen molar-refractivity contribution >= 4 is 18.2 Å². The molecule has 5 rings (SSSR count). The molecule has 1 aliphatic carbocycles. The van der Waals surface area contributed by atoms with E-state index in [2.05, 4.69) is 0 Å². The fourth-order valence-electron chi connectivity index (χ4n) is 5.57. The number of piperidine rings is 1. The summed E-state index contributed by atoms with van der Waals surface area (Å²) in [6.07, 6.45) is -1.12. The standard InChI is InChI=1S/C29H30N4O6/c30-26(23-15-8-3-9-16-23)32-28-19-24(28)20-33(27(35)36,29(28,39-31)37-18-10-17-34)38-25(21-11-4-1-5-12-21)22-13-6-2-7-14-22/h1-9,11-17,24-25H,10,18-20,31H2,(H2-,30,32,35,36)/p+1. The molecule has 3 aromatic rings. The number of hydroxylamine groups is 3. The third-order valence-corrected chi connectivity index (χ3v) is 7.45. The van der Waals surface area contributed by atoms with Crippen LogP contribution < -0.4 is 11.6 Å². The highest BCUT2D eigenvalue weighted by atomic mass is 16.9. The Hall–Kier alpha value is -3.93. The molecule has 1 aliphatic heterocycles. The molecule has 10 heteroatoms. The second-order valence-electron chi connectivity index (χ2n) is 9.70. The van der Waals surface area contributed by atoms with Gasteiger partial charge in [-0.15, -0.1) is 0 Å². The number of likely N-dealkylation sites (tertiary alicyclic amines) is 1. The number of ether oxygens (including phenoxy) is 1. The number of amidine groups is 1. The smallest absolute Gasteiger partial charge is 0.433 e. The Balaban J connectivity index is 1.65. The van der Waals surface area contributed by atoms with Gasteiger partial charge in [0.05, 0.1) is 12.5 Å². The van der Waals surface area contributed by atoms with E-state index < -0.39 is 28.3 Å². The number of nitrogens with two attached hydrogens (primary N) is 2. The topological polar surface area (TPSA) is 146 Å². The van der Waals surface area contributed by atoms with Crippen LogP contribution in [-0.4, -0.2) is 52.6 Å². The number of rotatable bonds is 11. The monoisotopic (exact) mass is 531 g/mol. The Morgan fingerprint density at radius 3 is 2.10 bits per heavy atom. The fourth-order valence-corrected chi connectivity index (χ4v) is 5.57. The number of hydrogen-bond donors (Lipinski definition) is 3. The first-order chi connectivity index (χ1) is 18.9. The molecule has 0 radical (unpaired) electrons. The quantitative estimate of drug-likeness (QED) is 0.0648. The average molecular weight is 532 g/mol. The van der Waals surface area contributed by atoms with E-state index >= 15 is 0 Å². The lowest BCUT2D eigenvalue weighted by Crippen LogP contribution is -2.72. The zero-order chi connectivity index (χ0) is 27.5. The van der Waals surface area contributed by atoms with E-state index in [1.54, 1.807) is 12.1 Å². The van der Waals surface area contributed by atoms with Gasteiger partial charge in [0.1, 0.15) is 18.7 Å². The summed E-state index contributed by atoms with van der Waals surface area (Å²) >= 11 is 0. The number of fused-ring (bicyclic) bond motifs is 1. The molecule has 0 bridgehead atoms. The number of benzene rings is 3. The number of quaternary nitrogens is 1. The van der Waals surface area contributed by atoms with Crippen LogP contribution in [0, 0.1) is 5.92 Å². The first kappa shape index (κ1) is 26.7. The minimum atomic E-state index is -2.13. The van der Waals surface area contributed by atoms with Crippen molar-refractivity contribution in [2.45, 2.75) is 30.4 Å². The predicted molar refractivity (Wildman–Crippen MR) is 142 cm³/mol. The van der Waals surface area contributed by atoms with Crippen LogP contribution >= 0.6 is 0 Å². The van der Waals surface area contributed by atoms with Crippen molar-refractivity contribution in [2.24, 2.45) is 22.5 Å². The van der Waals surface area contributed by atoms with Crippen LogP contribution in [0.1, 0.15) is 35.6 Å². The summed E-state index contributed by atoms with van der Waals surface area (Å²) < 4.78 is 5.00. The SMILES string of the molecule is NOC1(OCCC=O)C2(N=C(N)c3ccccc3)CC2C[N+]1(OC(c1ccccc1)c1ccccc1)C(=O)O. The molecule has 2 fully saturated rings. The second-order valence-corrected chi connectivity index (χ2v) is 9.70. The molecule has 39 heavy (non-hydrogen) atoms. The summed E-state index contributed by atoms with van der Waals surface area (Å²) in [6.45, 7) is -0.205. The lowest BCUT2D eigenvalue weighted by Gasteiger charge is -2.43. The van der Waals surface area contributed by atoms with Crippen LogP contribution in [0.4, 0.5) is 4.79 Å². The van der Waals surface area contributed by atoms with Gasteiger partial charge >= 0.3 is 12.0 Å². The van der Waals surface area contributed by atoms with Crippen molar-refractivity contribution < 1.29 is 33.8 Å². The summed E-state index contributed by atoms with van der Waals surface area (Å²) in [7, 11) is 0. The molecule has 1 saturated heterocycles. The molecule has 1 amide bonds. The summed E-state index contributed by atoms with van der Waals surface area (Å²) in [5, 5.41) is 10.8. The van der Waals surface area contributed by atoms with Gasteiger partial charge in [0.25, 0.3) is 0 Å². The van der Waals surface area contributed by atoms with Gasteiger partial charge in [-0.3, -0.25) is 4.74 Å². The van der Waals surface area contributed by atoms with Crippen LogP contribution in [-0.2, 0) is 19.2 Å². The van der Waals surface area contributed by atoms with Crippen LogP contribution in [0.3, 0.4) is 0 Å². The van der Waals surface area contributed by atoms with Gasteiger partial charge in [0, 0.05) is 12.0 Å². The maximum Gasteiger partial charge on any atom is 0.552 e. The van der Waals surface area contributed by atoms with Crippen LogP contribution in [0.25, 0.3) is 0 Å². The Bertz CT molecular complexity index is 1300. The molecule has 1 saturated carbocycles. The first-order valence-electron chi connectivity index (χ1n) is 12.7. The average Bonchev–Trinajstić information content (AvgIpc) is 3.61. The maximum absolute atomic E-state index is 13.3. The molecular formula is C29H31N4O6+. The van der Waals surface area contributed by atoms with Crippen molar-refractivity contribution in [2.75, 3.05) is 13.2 Å². The minimum absolute atomic E-state index is 0.00977. The number of amides is 1. The van der Waals surface area contributed by atoms with Gasteiger partial charge in [-0.05, 0) is 22.2 Å². The molecule has 202 valence electrons. The number of aliphatic imine (C=N–C) groups is 1. The largest absolute Gasteiger partial charge is 0.552 e.